The molecule has 2 aliphatic rings. The van der Waals surface area contributed by atoms with Crippen LogP contribution in [0.15, 0.2) is 35.1 Å². The van der Waals surface area contributed by atoms with E-state index in [1.165, 1.54) is 6.33 Å². The molecule has 9 heteroatoms. The van der Waals surface area contributed by atoms with Crippen molar-refractivity contribution in [3.63, 3.8) is 0 Å². The Balaban J connectivity index is 1.25. The Morgan fingerprint density at radius 3 is 2.77 bits per heavy atom. The van der Waals surface area contributed by atoms with Crippen LogP contribution >= 0.6 is 11.6 Å². The lowest BCUT2D eigenvalue weighted by molar-refractivity contribution is -0.136. The number of hydrogen-bond acceptors (Lipinski definition) is 7. The number of hydrogen-bond donors (Lipinski definition) is 0. The van der Waals surface area contributed by atoms with Crippen LogP contribution in [0.25, 0.3) is 11.1 Å². The summed E-state index contributed by atoms with van der Waals surface area (Å²) in [5.41, 5.74) is 2.38. The molecular formula is C22H25ClN6O2. The van der Waals surface area contributed by atoms with Gasteiger partial charge in [-0.15, -0.1) is 0 Å². The molecule has 1 aromatic carbocycles. The number of nitrogens with zero attached hydrogens (tertiary/aromatic N) is 6. The Hall–Kier alpha value is -2.87. The van der Waals surface area contributed by atoms with Gasteiger partial charge >= 0.3 is 0 Å². The molecule has 0 radical (unpaired) electrons. The smallest absolute Gasteiger partial charge is 0.263 e. The van der Waals surface area contributed by atoms with Crippen LogP contribution in [0.5, 0.6) is 0 Å². The Bertz CT molecular complexity index is 1090. The van der Waals surface area contributed by atoms with Crippen molar-refractivity contribution in [2.45, 2.75) is 19.8 Å². The van der Waals surface area contributed by atoms with Crippen molar-refractivity contribution < 1.29 is 9.32 Å². The molecule has 2 saturated heterocycles. The maximum atomic E-state index is 13.3. The lowest BCUT2D eigenvalue weighted by Gasteiger charge is -2.40. The molecule has 2 fully saturated rings. The Morgan fingerprint density at radius 2 is 1.97 bits per heavy atom. The second-order valence-corrected chi connectivity index (χ2v) is 8.66. The number of aromatic nitrogens is 3. The van der Waals surface area contributed by atoms with E-state index in [1.54, 1.807) is 0 Å². The van der Waals surface area contributed by atoms with Crippen LogP contribution in [0.3, 0.4) is 0 Å². The zero-order valence-electron chi connectivity index (χ0n) is 17.5. The lowest BCUT2D eigenvalue weighted by Crippen LogP contribution is -2.52. The molecule has 4 heterocycles. The summed E-state index contributed by atoms with van der Waals surface area (Å²) in [4.78, 5) is 28.4. The van der Waals surface area contributed by atoms with Gasteiger partial charge in [0.25, 0.3) is 5.71 Å². The van der Waals surface area contributed by atoms with Crippen LogP contribution in [-0.2, 0) is 4.79 Å². The number of rotatable bonds is 3. The van der Waals surface area contributed by atoms with Crippen molar-refractivity contribution in [1.29, 1.82) is 0 Å². The van der Waals surface area contributed by atoms with Crippen molar-refractivity contribution in [2.75, 3.05) is 49.1 Å². The predicted octanol–water partition coefficient (Wildman–Crippen LogP) is 3.14. The van der Waals surface area contributed by atoms with Crippen LogP contribution in [0.2, 0.25) is 5.02 Å². The average Bonchev–Trinajstić information content (AvgIpc) is 3.20. The summed E-state index contributed by atoms with van der Waals surface area (Å²) in [7, 11) is 0. The van der Waals surface area contributed by atoms with Gasteiger partial charge < -0.3 is 19.2 Å². The van der Waals surface area contributed by atoms with Gasteiger partial charge in [-0.05, 0) is 38.0 Å². The highest BCUT2D eigenvalue weighted by atomic mass is 35.5. The predicted molar refractivity (Wildman–Crippen MR) is 120 cm³/mol. The van der Waals surface area contributed by atoms with Gasteiger partial charge in [-0.1, -0.05) is 22.8 Å². The van der Waals surface area contributed by atoms with Crippen LogP contribution in [0.4, 0.5) is 11.5 Å². The lowest BCUT2D eigenvalue weighted by atomic mass is 9.96. The second-order valence-electron chi connectivity index (χ2n) is 8.22. The highest BCUT2D eigenvalue weighted by Crippen LogP contribution is 2.30. The molecule has 0 saturated carbocycles. The van der Waals surface area contributed by atoms with E-state index in [0.717, 1.165) is 73.2 Å². The van der Waals surface area contributed by atoms with Gasteiger partial charge in [0.1, 0.15) is 17.5 Å². The normalized spacial score (nSPS) is 19.8. The summed E-state index contributed by atoms with van der Waals surface area (Å²) in [5.74, 6) is 1.02. The van der Waals surface area contributed by atoms with E-state index in [2.05, 4.69) is 31.0 Å². The minimum Gasteiger partial charge on any atom is -0.368 e. The molecule has 0 N–H and O–H groups in total. The summed E-state index contributed by atoms with van der Waals surface area (Å²) in [5, 5.41) is 5.60. The number of piperidine rings is 1. The minimum atomic E-state index is -0.0309. The second kappa shape index (κ2) is 8.34. The van der Waals surface area contributed by atoms with Gasteiger partial charge in [0.05, 0.1) is 11.6 Å². The monoisotopic (exact) mass is 440 g/mol. The van der Waals surface area contributed by atoms with Crippen LogP contribution in [-0.4, -0.2) is 65.2 Å². The molecule has 2 aliphatic heterocycles. The van der Waals surface area contributed by atoms with E-state index in [1.807, 2.05) is 30.0 Å². The first-order valence-electron chi connectivity index (χ1n) is 10.7. The molecule has 162 valence electrons. The maximum absolute atomic E-state index is 13.3. The Morgan fingerprint density at radius 1 is 1.13 bits per heavy atom. The molecule has 1 atom stereocenters. The molecule has 8 nitrogen and oxygen atoms in total. The van der Waals surface area contributed by atoms with E-state index >= 15 is 0 Å². The SMILES string of the molecule is Cc1noc2ncnc(N3CCC[C@@H](C(=O)N4CCN(c5cccc(Cl)c5)CC4)C3)c12. The number of benzene rings is 1. The van der Waals surface area contributed by atoms with E-state index in [4.69, 9.17) is 16.1 Å². The zero-order chi connectivity index (χ0) is 21.4. The van der Waals surface area contributed by atoms with Gasteiger partial charge in [-0.2, -0.15) is 4.98 Å². The maximum Gasteiger partial charge on any atom is 0.263 e. The van der Waals surface area contributed by atoms with Crippen LogP contribution in [0.1, 0.15) is 18.5 Å². The zero-order valence-corrected chi connectivity index (χ0v) is 18.3. The molecule has 5 rings (SSSR count). The summed E-state index contributed by atoms with van der Waals surface area (Å²) in [6, 6.07) is 7.89. The molecule has 0 spiro atoms. The number of carbonyl (C=O) groups excluding carboxylic acids is 1. The molecule has 31 heavy (non-hydrogen) atoms. The fourth-order valence-corrected chi connectivity index (χ4v) is 4.82. The number of piperazine rings is 1. The van der Waals surface area contributed by atoms with Gasteiger partial charge in [0, 0.05) is 50.0 Å². The van der Waals surface area contributed by atoms with Crippen LogP contribution < -0.4 is 9.80 Å². The average molecular weight is 441 g/mol. The third-order valence-electron chi connectivity index (χ3n) is 6.26. The summed E-state index contributed by atoms with van der Waals surface area (Å²) >= 11 is 6.13. The molecule has 2 aromatic heterocycles. The first-order valence-corrected chi connectivity index (χ1v) is 11.1. The molecule has 0 aliphatic carbocycles. The standard InChI is InChI=1S/C22H25ClN6O2/c1-15-19-20(24-14-25-21(19)31-26-15)29-7-3-4-16(13-29)22(30)28-10-8-27(9-11-28)18-6-2-5-17(23)12-18/h2,5-6,12,14,16H,3-4,7-11,13H2,1H3/t16-/m1/s1. The highest BCUT2D eigenvalue weighted by Gasteiger charge is 2.32. The summed E-state index contributed by atoms with van der Waals surface area (Å²) < 4.78 is 5.29. The van der Waals surface area contributed by atoms with Gasteiger partial charge in [-0.25, -0.2) is 4.98 Å². The van der Waals surface area contributed by atoms with Crippen molar-refractivity contribution in [2.24, 2.45) is 5.92 Å². The van der Waals surface area contributed by atoms with E-state index in [0.29, 0.717) is 12.3 Å². The topological polar surface area (TPSA) is 78.6 Å². The number of carbonyl (C=O) groups is 1. The molecule has 0 unspecified atom stereocenters. The third kappa shape index (κ3) is 3.92. The highest BCUT2D eigenvalue weighted by molar-refractivity contribution is 6.30. The number of anilines is 2. The van der Waals surface area contributed by atoms with E-state index in [-0.39, 0.29) is 11.8 Å². The van der Waals surface area contributed by atoms with Crippen LogP contribution in [0, 0.1) is 12.8 Å². The summed E-state index contributed by atoms with van der Waals surface area (Å²) in [6.45, 7) is 6.50. The van der Waals surface area contributed by atoms with Gasteiger partial charge in [0.2, 0.25) is 5.91 Å². The molecular weight excluding hydrogens is 416 g/mol. The van der Waals surface area contributed by atoms with Crippen molar-refractivity contribution >= 4 is 40.1 Å². The number of halogens is 1. The quantitative estimate of drug-likeness (QED) is 0.619. The first kappa shape index (κ1) is 20.1. The third-order valence-corrected chi connectivity index (χ3v) is 6.49. The van der Waals surface area contributed by atoms with Gasteiger partial charge in [-0.3, -0.25) is 4.79 Å². The first-order chi connectivity index (χ1) is 15.1. The Labute approximate surface area is 185 Å². The fourth-order valence-electron chi connectivity index (χ4n) is 4.63. The van der Waals surface area contributed by atoms with E-state index < -0.39 is 0 Å². The fraction of sp³-hybridized carbons (Fsp3) is 0.455. The van der Waals surface area contributed by atoms with Crippen molar-refractivity contribution in [3.8, 4) is 0 Å². The van der Waals surface area contributed by atoms with Crippen molar-refractivity contribution in [1.82, 2.24) is 20.0 Å². The van der Waals surface area contributed by atoms with Crippen molar-refractivity contribution in [3.05, 3.63) is 41.3 Å². The van der Waals surface area contributed by atoms with E-state index in [9.17, 15) is 4.79 Å². The number of amides is 1. The molecule has 1 amide bonds. The van der Waals surface area contributed by atoms with Gasteiger partial charge in [0.15, 0.2) is 0 Å². The minimum absolute atomic E-state index is 0.0309. The molecule has 0 bridgehead atoms. The molecule has 3 aromatic rings. The Kier molecular flexibility index (Phi) is 5.40. The number of aryl methyl sites for hydroxylation is 1. The summed E-state index contributed by atoms with van der Waals surface area (Å²) in [6.07, 6.45) is 3.36. The largest absolute Gasteiger partial charge is 0.368 e. The number of fused-ring (bicyclic) bond motifs is 1.